The second-order valence-corrected chi connectivity index (χ2v) is 4.88. The molecule has 0 fully saturated rings. The van der Waals surface area contributed by atoms with Gasteiger partial charge in [-0.3, -0.25) is 0 Å². The van der Waals surface area contributed by atoms with E-state index in [2.05, 4.69) is 17.9 Å². The van der Waals surface area contributed by atoms with Crippen molar-refractivity contribution in [1.82, 2.24) is 0 Å². The molecule has 4 heteroatoms. The van der Waals surface area contributed by atoms with Crippen molar-refractivity contribution in [2.45, 2.75) is 6.42 Å². The van der Waals surface area contributed by atoms with Crippen LogP contribution >= 0.6 is 0 Å². The molecule has 0 saturated carbocycles. The van der Waals surface area contributed by atoms with Gasteiger partial charge in [-0.2, -0.15) is 5.26 Å². The first-order valence-electron chi connectivity index (χ1n) is 7.23. The Morgan fingerprint density at radius 3 is 2.42 bits per heavy atom. The van der Waals surface area contributed by atoms with Gasteiger partial charge in [0, 0.05) is 17.6 Å². The van der Waals surface area contributed by atoms with E-state index in [1.807, 2.05) is 6.07 Å². The zero-order valence-electron chi connectivity index (χ0n) is 13.5. The molecule has 2 aromatic rings. The molecule has 0 aliphatic carbocycles. The number of rotatable bonds is 4. The van der Waals surface area contributed by atoms with Crippen molar-refractivity contribution in [1.29, 1.82) is 5.26 Å². The average Bonchev–Trinajstić information content (AvgIpc) is 2.62. The van der Waals surface area contributed by atoms with Crippen LogP contribution in [0.3, 0.4) is 0 Å². The highest BCUT2D eigenvalue weighted by atomic mass is 19.1. The van der Waals surface area contributed by atoms with Crippen LogP contribution in [0.15, 0.2) is 48.0 Å². The van der Waals surface area contributed by atoms with Crippen LogP contribution in [0.5, 0.6) is 11.5 Å². The predicted octanol–water partition coefficient (Wildman–Crippen LogP) is 4.19. The third kappa shape index (κ3) is 4.63. The third-order valence-electron chi connectivity index (χ3n) is 3.25. The van der Waals surface area contributed by atoms with Crippen molar-refractivity contribution in [2.75, 3.05) is 14.2 Å². The monoisotopic (exact) mass is 321 g/mol. The van der Waals surface area contributed by atoms with Gasteiger partial charge < -0.3 is 9.47 Å². The van der Waals surface area contributed by atoms with E-state index in [0.717, 1.165) is 5.56 Å². The number of allylic oxidation sites excluding steroid dienone is 1. The van der Waals surface area contributed by atoms with Crippen LogP contribution < -0.4 is 9.47 Å². The minimum Gasteiger partial charge on any atom is -0.493 e. The lowest BCUT2D eigenvalue weighted by atomic mass is 10.1. The van der Waals surface area contributed by atoms with E-state index in [0.29, 0.717) is 29.1 Å². The molecule has 0 bridgehead atoms. The third-order valence-corrected chi connectivity index (χ3v) is 3.25. The number of hydrogen-bond donors (Lipinski definition) is 0. The maximum Gasteiger partial charge on any atom is 0.161 e. The number of benzene rings is 2. The summed E-state index contributed by atoms with van der Waals surface area (Å²) in [5.41, 5.74) is 2.06. The molecule has 2 rings (SSSR count). The van der Waals surface area contributed by atoms with Crippen molar-refractivity contribution < 1.29 is 13.9 Å². The maximum absolute atomic E-state index is 12.8. The molecule has 0 radical (unpaired) electrons. The summed E-state index contributed by atoms with van der Waals surface area (Å²) in [6.07, 6.45) is 2.06. The molecule has 0 aliphatic rings. The van der Waals surface area contributed by atoms with E-state index in [1.165, 1.54) is 12.1 Å². The number of nitriles is 1. The lowest BCUT2D eigenvalue weighted by molar-refractivity contribution is 0.355. The fourth-order valence-electron chi connectivity index (χ4n) is 2.04. The molecule has 0 aromatic heterocycles. The lowest BCUT2D eigenvalue weighted by Gasteiger charge is -2.07. The molecular weight excluding hydrogens is 305 g/mol. The van der Waals surface area contributed by atoms with Crippen LogP contribution in [0.2, 0.25) is 0 Å². The second kappa shape index (κ2) is 8.41. The lowest BCUT2D eigenvalue weighted by Crippen LogP contribution is -1.90. The summed E-state index contributed by atoms with van der Waals surface area (Å²) >= 11 is 0. The average molecular weight is 321 g/mol. The van der Waals surface area contributed by atoms with Crippen molar-refractivity contribution in [3.8, 4) is 29.4 Å². The number of methoxy groups -OCH3 is 2. The Morgan fingerprint density at radius 2 is 1.79 bits per heavy atom. The highest BCUT2D eigenvalue weighted by Gasteiger charge is 2.04. The van der Waals surface area contributed by atoms with E-state index in [-0.39, 0.29) is 5.82 Å². The molecule has 0 N–H and O–H groups in total. The van der Waals surface area contributed by atoms with E-state index in [1.54, 1.807) is 44.6 Å². The van der Waals surface area contributed by atoms with Crippen LogP contribution in [0.1, 0.15) is 17.5 Å². The Hall–Kier alpha value is -3.24. The van der Waals surface area contributed by atoms with E-state index in [9.17, 15) is 9.65 Å². The fourth-order valence-corrected chi connectivity index (χ4v) is 2.04. The zero-order valence-corrected chi connectivity index (χ0v) is 13.5. The van der Waals surface area contributed by atoms with Crippen LogP contribution in [-0.4, -0.2) is 14.2 Å². The van der Waals surface area contributed by atoms with Gasteiger partial charge in [-0.1, -0.05) is 17.9 Å². The number of ether oxygens (including phenoxy) is 2. The van der Waals surface area contributed by atoms with Gasteiger partial charge in [0.1, 0.15) is 5.82 Å². The van der Waals surface area contributed by atoms with E-state index >= 15 is 0 Å². The smallest absolute Gasteiger partial charge is 0.161 e. The highest BCUT2D eigenvalue weighted by molar-refractivity contribution is 5.61. The predicted molar refractivity (Wildman–Crippen MR) is 91.0 cm³/mol. The molecule has 0 amide bonds. The van der Waals surface area contributed by atoms with Crippen molar-refractivity contribution >= 4 is 6.08 Å². The first kappa shape index (κ1) is 17.1. The van der Waals surface area contributed by atoms with Gasteiger partial charge in [-0.05, 0) is 48.0 Å². The zero-order chi connectivity index (χ0) is 17.4. The summed E-state index contributed by atoms with van der Waals surface area (Å²) in [4.78, 5) is 0. The molecule has 0 saturated heterocycles. The van der Waals surface area contributed by atoms with E-state index < -0.39 is 0 Å². The summed E-state index contributed by atoms with van der Waals surface area (Å²) in [6, 6.07) is 13.5. The molecule has 120 valence electrons. The Kier molecular flexibility index (Phi) is 6.00. The van der Waals surface area contributed by atoms with Crippen molar-refractivity contribution in [3.05, 3.63) is 65.0 Å². The standard InChI is InChI=1S/C20H16FNO2/c1-23-19-11-8-16(13-20(19)24-2)12-17(14-22)5-3-4-15-6-9-18(21)10-7-15/h6-13H,5H2,1-2H3/b17-12-. The number of hydrogen-bond acceptors (Lipinski definition) is 3. The molecule has 0 unspecified atom stereocenters. The SMILES string of the molecule is COc1ccc(/C=C(\C#N)CC#Cc2ccc(F)cc2)cc1OC. The van der Waals surface area contributed by atoms with Gasteiger partial charge in [-0.25, -0.2) is 4.39 Å². The Balaban J connectivity index is 2.15. The van der Waals surface area contributed by atoms with Gasteiger partial charge in [0.05, 0.1) is 20.3 Å². The summed E-state index contributed by atoms with van der Waals surface area (Å²) in [7, 11) is 3.13. The highest BCUT2D eigenvalue weighted by Crippen LogP contribution is 2.28. The summed E-state index contributed by atoms with van der Waals surface area (Å²) in [5.74, 6) is 6.76. The Labute approximate surface area is 141 Å². The molecule has 2 aromatic carbocycles. The minimum atomic E-state index is -0.299. The summed E-state index contributed by atoms with van der Waals surface area (Å²) < 4.78 is 23.3. The normalized spacial score (nSPS) is 10.3. The van der Waals surface area contributed by atoms with Gasteiger partial charge in [0.25, 0.3) is 0 Å². The number of halogens is 1. The number of nitrogens with zero attached hydrogens (tertiary/aromatic N) is 1. The second-order valence-electron chi connectivity index (χ2n) is 4.88. The first-order chi connectivity index (χ1) is 11.7. The van der Waals surface area contributed by atoms with Crippen LogP contribution in [0.4, 0.5) is 4.39 Å². The molecule has 3 nitrogen and oxygen atoms in total. The first-order valence-corrected chi connectivity index (χ1v) is 7.23. The molecule has 24 heavy (non-hydrogen) atoms. The minimum absolute atomic E-state index is 0.299. The van der Waals surface area contributed by atoms with Gasteiger partial charge in [0.2, 0.25) is 0 Å². The van der Waals surface area contributed by atoms with Gasteiger partial charge in [-0.15, -0.1) is 0 Å². The molecule has 0 heterocycles. The van der Waals surface area contributed by atoms with Crippen molar-refractivity contribution in [2.24, 2.45) is 0 Å². The van der Waals surface area contributed by atoms with E-state index in [4.69, 9.17) is 9.47 Å². The molecular formula is C20H16FNO2. The quantitative estimate of drug-likeness (QED) is 0.626. The maximum atomic E-state index is 12.8. The van der Waals surface area contributed by atoms with Crippen molar-refractivity contribution in [3.63, 3.8) is 0 Å². The van der Waals surface area contributed by atoms with Crippen LogP contribution in [-0.2, 0) is 0 Å². The molecule has 0 atom stereocenters. The molecule has 0 aliphatic heterocycles. The molecule has 0 spiro atoms. The summed E-state index contributed by atoms with van der Waals surface area (Å²) in [6.45, 7) is 0. The van der Waals surface area contributed by atoms with Crippen LogP contribution in [0, 0.1) is 29.0 Å². The Bertz CT molecular complexity index is 837. The van der Waals surface area contributed by atoms with Crippen LogP contribution in [0.25, 0.3) is 6.08 Å². The Morgan fingerprint density at radius 1 is 1.08 bits per heavy atom. The largest absolute Gasteiger partial charge is 0.493 e. The fraction of sp³-hybridized carbons (Fsp3) is 0.150. The topological polar surface area (TPSA) is 42.2 Å². The van der Waals surface area contributed by atoms with Gasteiger partial charge >= 0.3 is 0 Å². The van der Waals surface area contributed by atoms with Gasteiger partial charge in [0.15, 0.2) is 11.5 Å². The summed E-state index contributed by atoms with van der Waals surface area (Å²) in [5, 5.41) is 9.26.